The Morgan fingerprint density at radius 1 is 1.07 bits per heavy atom. The Hall–Kier alpha value is -3.76. The first-order chi connectivity index (χ1) is 20.6. The van der Waals surface area contributed by atoms with Gasteiger partial charge in [0, 0.05) is 11.4 Å². The third kappa shape index (κ3) is 6.45. The molecule has 0 saturated heterocycles. The molecule has 224 valence electrons. The number of amides is 1. The summed E-state index contributed by atoms with van der Waals surface area (Å²) in [7, 11) is 1.62. The number of nitrogens with zero attached hydrogens (tertiary/aromatic N) is 3. The van der Waals surface area contributed by atoms with Crippen molar-refractivity contribution in [2.45, 2.75) is 59.3 Å². The molecule has 43 heavy (non-hydrogen) atoms. The highest BCUT2D eigenvalue weighted by Crippen LogP contribution is 2.43. The molecule has 0 saturated carbocycles. The number of aryl methyl sites for hydroxylation is 4. The molecule has 0 bridgehead atoms. The van der Waals surface area contributed by atoms with Gasteiger partial charge in [-0.05, 0) is 114 Å². The van der Waals surface area contributed by atoms with Crippen LogP contribution < -0.4 is 20.1 Å². The molecule has 0 fully saturated rings. The van der Waals surface area contributed by atoms with Crippen molar-refractivity contribution in [3.05, 3.63) is 97.7 Å². The Labute approximate surface area is 265 Å². The maximum Gasteiger partial charge on any atom is 0.255 e. The Kier molecular flexibility index (Phi) is 9.17. The number of methoxy groups -OCH3 is 1. The molecule has 1 unspecified atom stereocenters. The Morgan fingerprint density at radius 3 is 2.56 bits per heavy atom. The number of allylic oxidation sites excluding steroid dienone is 1. The minimum Gasteiger partial charge on any atom is -0.493 e. The highest BCUT2D eigenvalue weighted by atomic mass is 79.9. The van der Waals surface area contributed by atoms with Gasteiger partial charge in [0.1, 0.15) is 12.6 Å². The molecule has 3 aromatic carbocycles. The monoisotopic (exact) mass is 661 g/mol. The van der Waals surface area contributed by atoms with E-state index in [1.54, 1.807) is 23.6 Å². The van der Waals surface area contributed by atoms with E-state index in [4.69, 9.17) is 19.6 Å². The van der Waals surface area contributed by atoms with E-state index in [1.807, 2.05) is 50.2 Å². The number of ether oxygens (including phenoxy) is 2. The lowest BCUT2D eigenvalue weighted by Gasteiger charge is -2.29. The van der Waals surface area contributed by atoms with Crippen LogP contribution in [0.25, 0.3) is 0 Å². The van der Waals surface area contributed by atoms with E-state index < -0.39 is 6.04 Å². The van der Waals surface area contributed by atoms with Crippen LogP contribution in [-0.2, 0) is 11.4 Å². The van der Waals surface area contributed by atoms with E-state index in [-0.39, 0.29) is 5.91 Å². The predicted octanol–water partition coefficient (Wildman–Crippen LogP) is 7.90. The minimum atomic E-state index is -0.569. The summed E-state index contributed by atoms with van der Waals surface area (Å²) in [6.45, 7) is 12.6. The van der Waals surface area contributed by atoms with Crippen molar-refractivity contribution in [1.29, 1.82) is 0 Å². The molecule has 0 radical (unpaired) electrons. The maximum absolute atomic E-state index is 13.9. The number of hydrogen-bond acceptors (Lipinski definition) is 7. The van der Waals surface area contributed by atoms with Crippen LogP contribution in [0.5, 0.6) is 11.5 Å². The highest BCUT2D eigenvalue weighted by Gasteiger charge is 2.35. The standard InChI is InChI=1S/C33H36BrN5O3S/c1-8-43-33-37-32-35-22(6)28(31(40)36-25-11-9-10-18(2)12-25)29(39(32)38-33)23-15-26(34)30(27(16-23)41-7)42-17-24-14-20(4)19(3)13-21(24)5/h9-16,29H,8,17H2,1-7H3,(H,36,40)(H,35,37,38). The number of aromatic nitrogens is 3. The number of carbonyl (C=O) groups is 1. The van der Waals surface area contributed by atoms with Crippen LogP contribution in [0, 0.1) is 27.7 Å². The minimum absolute atomic E-state index is 0.230. The molecule has 8 nitrogen and oxygen atoms in total. The van der Waals surface area contributed by atoms with Crippen molar-refractivity contribution >= 4 is 45.2 Å². The zero-order chi connectivity index (χ0) is 30.8. The molecule has 4 aromatic rings. The molecule has 1 atom stereocenters. The van der Waals surface area contributed by atoms with Gasteiger partial charge in [0.2, 0.25) is 11.1 Å². The number of carbonyl (C=O) groups excluding carboxylic acids is 1. The molecular weight excluding hydrogens is 626 g/mol. The highest BCUT2D eigenvalue weighted by molar-refractivity contribution is 9.10. The Bertz CT molecular complexity index is 1730. The van der Waals surface area contributed by atoms with Gasteiger partial charge in [-0.25, -0.2) is 4.68 Å². The second-order valence-corrected chi connectivity index (χ2v) is 12.8. The summed E-state index contributed by atoms with van der Waals surface area (Å²) in [5.41, 5.74) is 8.57. The third-order valence-electron chi connectivity index (χ3n) is 7.52. The van der Waals surface area contributed by atoms with Crippen LogP contribution in [-0.4, -0.2) is 33.5 Å². The molecule has 1 amide bonds. The summed E-state index contributed by atoms with van der Waals surface area (Å²) >= 11 is 5.29. The number of hydrogen-bond donors (Lipinski definition) is 2. The number of anilines is 2. The zero-order valence-electron chi connectivity index (χ0n) is 25.5. The van der Waals surface area contributed by atoms with Crippen LogP contribution in [0.4, 0.5) is 11.6 Å². The van der Waals surface area contributed by atoms with Crippen molar-refractivity contribution in [3.8, 4) is 11.5 Å². The van der Waals surface area contributed by atoms with Crippen molar-refractivity contribution in [1.82, 2.24) is 14.8 Å². The van der Waals surface area contributed by atoms with Gasteiger partial charge in [0.25, 0.3) is 5.91 Å². The number of rotatable bonds is 9. The molecule has 10 heteroatoms. The number of nitrogens with one attached hydrogen (secondary N) is 2. The van der Waals surface area contributed by atoms with Crippen LogP contribution in [0.15, 0.2) is 69.4 Å². The number of halogens is 1. The summed E-state index contributed by atoms with van der Waals surface area (Å²) < 4.78 is 14.7. The molecule has 2 heterocycles. The van der Waals surface area contributed by atoms with Gasteiger partial charge < -0.3 is 20.1 Å². The Morgan fingerprint density at radius 2 is 1.84 bits per heavy atom. The van der Waals surface area contributed by atoms with E-state index in [0.717, 1.165) is 28.1 Å². The van der Waals surface area contributed by atoms with Crippen LogP contribution in [0.2, 0.25) is 0 Å². The fraction of sp³-hybridized carbons (Fsp3) is 0.303. The summed E-state index contributed by atoms with van der Waals surface area (Å²) in [5.74, 6) is 2.31. The second kappa shape index (κ2) is 12.9. The summed E-state index contributed by atoms with van der Waals surface area (Å²) in [5, 5.41) is 11.8. The van der Waals surface area contributed by atoms with Crippen molar-refractivity contribution in [3.63, 3.8) is 0 Å². The largest absolute Gasteiger partial charge is 0.493 e. The van der Waals surface area contributed by atoms with E-state index in [0.29, 0.717) is 45.0 Å². The first-order valence-corrected chi connectivity index (χ1v) is 15.9. The van der Waals surface area contributed by atoms with Gasteiger partial charge in [0.05, 0.1) is 17.2 Å². The third-order valence-corrected chi connectivity index (χ3v) is 8.83. The summed E-state index contributed by atoms with van der Waals surface area (Å²) in [4.78, 5) is 18.6. The van der Waals surface area contributed by atoms with E-state index in [1.165, 1.54) is 16.7 Å². The lowest BCUT2D eigenvalue weighted by atomic mass is 9.94. The van der Waals surface area contributed by atoms with Gasteiger partial charge in [-0.1, -0.05) is 43.0 Å². The van der Waals surface area contributed by atoms with Crippen molar-refractivity contribution in [2.75, 3.05) is 23.5 Å². The van der Waals surface area contributed by atoms with Gasteiger partial charge in [0.15, 0.2) is 11.5 Å². The van der Waals surface area contributed by atoms with Crippen LogP contribution in [0.3, 0.4) is 0 Å². The first kappa shape index (κ1) is 30.7. The molecule has 1 aromatic heterocycles. The summed E-state index contributed by atoms with van der Waals surface area (Å²) in [6, 6.07) is 15.4. The van der Waals surface area contributed by atoms with Gasteiger partial charge in [-0.15, -0.1) is 5.10 Å². The normalized spacial score (nSPS) is 14.3. The van der Waals surface area contributed by atoms with Crippen molar-refractivity contribution < 1.29 is 14.3 Å². The molecule has 0 aliphatic carbocycles. The SMILES string of the molecule is CCSc1nc2n(n1)C(c1cc(Br)c(OCc3cc(C)c(C)cc3C)c(OC)c1)C(C(=O)Nc1cccc(C)c1)=C(C)N2. The van der Waals surface area contributed by atoms with Crippen molar-refractivity contribution in [2.24, 2.45) is 0 Å². The molecule has 5 rings (SSSR count). The average Bonchev–Trinajstić information content (AvgIpc) is 3.35. The molecule has 1 aliphatic rings. The number of fused-ring (bicyclic) bond motifs is 1. The molecule has 2 N–H and O–H groups in total. The Balaban J connectivity index is 1.55. The van der Waals surface area contributed by atoms with Crippen LogP contribution in [0.1, 0.15) is 53.3 Å². The molecule has 1 aliphatic heterocycles. The predicted molar refractivity (Wildman–Crippen MR) is 176 cm³/mol. The number of thioether (sulfide) groups is 1. The molecule has 0 spiro atoms. The van der Waals surface area contributed by atoms with Gasteiger partial charge >= 0.3 is 0 Å². The number of benzene rings is 3. The quantitative estimate of drug-likeness (QED) is 0.176. The van der Waals surface area contributed by atoms with E-state index >= 15 is 0 Å². The van der Waals surface area contributed by atoms with E-state index in [2.05, 4.69) is 66.4 Å². The van der Waals surface area contributed by atoms with Gasteiger partial charge in [-0.2, -0.15) is 4.98 Å². The van der Waals surface area contributed by atoms with E-state index in [9.17, 15) is 4.79 Å². The molecular formula is C33H36BrN5O3S. The lowest BCUT2D eigenvalue weighted by Crippen LogP contribution is -2.31. The topological polar surface area (TPSA) is 90.3 Å². The summed E-state index contributed by atoms with van der Waals surface area (Å²) in [6.07, 6.45) is 0. The average molecular weight is 663 g/mol. The smallest absolute Gasteiger partial charge is 0.255 e. The van der Waals surface area contributed by atoms with Crippen LogP contribution >= 0.6 is 27.7 Å². The maximum atomic E-state index is 13.9. The fourth-order valence-electron chi connectivity index (χ4n) is 5.21. The van der Waals surface area contributed by atoms with Gasteiger partial charge in [-0.3, -0.25) is 4.79 Å². The first-order valence-electron chi connectivity index (χ1n) is 14.1. The second-order valence-electron chi connectivity index (χ2n) is 10.7. The lowest BCUT2D eigenvalue weighted by molar-refractivity contribution is -0.113. The fourth-order valence-corrected chi connectivity index (χ4v) is 6.34. The zero-order valence-corrected chi connectivity index (χ0v) is 27.9.